The molecule has 5 rings (SSSR count). The van der Waals surface area contributed by atoms with Crippen LogP contribution in [0.5, 0.6) is 0 Å². The summed E-state index contributed by atoms with van der Waals surface area (Å²) in [6.45, 7) is 8.62. The first kappa shape index (κ1) is 24.3. The molecule has 3 saturated carbocycles. The van der Waals surface area contributed by atoms with Gasteiger partial charge in [-0.1, -0.05) is 30.7 Å². The second-order valence-corrected chi connectivity index (χ2v) is 12.5. The van der Waals surface area contributed by atoms with Crippen molar-refractivity contribution in [3.05, 3.63) is 11.6 Å². The van der Waals surface area contributed by atoms with Crippen molar-refractivity contribution in [1.29, 1.82) is 0 Å². The molecule has 0 spiro atoms. The molecule has 8 atom stereocenters. The van der Waals surface area contributed by atoms with Gasteiger partial charge in [-0.2, -0.15) is 0 Å². The van der Waals surface area contributed by atoms with E-state index in [9.17, 15) is 9.90 Å². The summed E-state index contributed by atoms with van der Waals surface area (Å²) in [5.74, 6) is 2.57. The predicted molar refractivity (Wildman–Crippen MR) is 134 cm³/mol. The minimum absolute atomic E-state index is 0.142. The van der Waals surface area contributed by atoms with Crippen molar-refractivity contribution in [2.24, 2.45) is 39.7 Å². The van der Waals surface area contributed by atoms with Gasteiger partial charge in [-0.15, -0.1) is 0 Å². The number of likely N-dealkylation sites (N-methyl/N-ethyl adjacent to an activating group) is 1. The van der Waals surface area contributed by atoms with Gasteiger partial charge >= 0.3 is 6.09 Å². The Morgan fingerprint density at radius 3 is 2.82 bits per heavy atom. The molecule has 1 heterocycles. The number of hydrogen-bond donors (Lipinski definition) is 2. The zero-order valence-corrected chi connectivity index (χ0v) is 21.7. The van der Waals surface area contributed by atoms with Crippen molar-refractivity contribution >= 4 is 11.8 Å². The van der Waals surface area contributed by atoms with Crippen LogP contribution in [0.25, 0.3) is 0 Å². The molecule has 0 unspecified atom stereocenters. The molecule has 34 heavy (non-hydrogen) atoms. The van der Waals surface area contributed by atoms with E-state index < -0.39 is 0 Å². The van der Waals surface area contributed by atoms with Crippen molar-refractivity contribution < 1.29 is 14.7 Å². The molecule has 4 fully saturated rings. The van der Waals surface area contributed by atoms with E-state index in [0.717, 1.165) is 69.2 Å². The molecule has 0 aromatic heterocycles. The van der Waals surface area contributed by atoms with E-state index in [4.69, 9.17) is 4.84 Å². The molecule has 4 aliphatic carbocycles. The fourth-order valence-electron chi connectivity index (χ4n) is 9.08. The number of rotatable bonds is 4. The van der Waals surface area contributed by atoms with Gasteiger partial charge in [0.15, 0.2) is 0 Å². The smallest absolute Gasteiger partial charge is 0.393 e. The number of nitrogens with zero attached hydrogens (tertiary/aromatic N) is 2. The van der Waals surface area contributed by atoms with Crippen LogP contribution >= 0.6 is 0 Å². The number of amides is 1. The molecule has 6 nitrogen and oxygen atoms in total. The van der Waals surface area contributed by atoms with Crippen LogP contribution in [0.15, 0.2) is 16.8 Å². The maximum atomic E-state index is 12.7. The van der Waals surface area contributed by atoms with Crippen molar-refractivity contribution in [2.45, 2.75) is 97.1 Å². The van der Waals surface area contributed by atoms with Crippen molar-refractivity contribution in [3.63, 3.8) is 0 Å². The monoisotopic (exact) mass is 471 g/mol. The zero-order valence-electron chi connectivity index (χ0n) is 21.7. The lowest BCUT2D eigenvalue weighted by Crippen LogP contribution is -2.50. The van der Waals surface area contributed by atoms with Crippen LogP contribution in [0.2, 0.25) is 0 Å². The molecular formula is C28H45N3O3. The number of fused-ring (bicyclic) bond motifs is 5. The third-order valence-corrected chi connectivity index (χ3v) is 10.9. The van der Waals surface area contributed by atoms with Gasteiger partial charge in [-0.25, -0.2) is 4.79 Å². The minimum atomic E-state index is -0.294. The van der Waals surface area contributed by atoms with Gasteiger partial charge in [-0.05, 0) is 107 Å². The van der Waals surface area contributed by atoms with Crippen molar-refractivity contribution in [1.82, 2.24) is 10.2 Å². The zero-order chi connectivity index (χ0) is 24.1. The number of aliphatic hydroxyl groups is 1. The van der Waals surface area contributed by atoms with E-state index >= 15 is 0 Å². The SMILES string of the molecule is CNC[C@@H]1CCCN1C(=O)O/N=C(\C)[C@H]1CC[C@H]2[C@@H]3CC=C4C[C@@H](O)CC[C@]4(C)[C@H]3CC[C@]12C. The van der Waals surface area contributed by atoms with Gasteiger partial charge in [0.1, 0.15) is 0 Å². The van der Waals surface area contributed by atoms with Gasteiger partial charge in [0, 0.05) is 25.0 Å². The second-order valence-electron chi connectivity index (χ2n) is 12.5. The lowest BCUT2D eigenvalue weighted by atomic mass is 9.47. The molecule has 1 saturated heterocycles. The highest BCUT2D eigenvalue weighted by atomic mass is 16.7. The molecule has 1 aliphatic heterocycles. The summed E-state index contributed by atoms with van der Waals surface area (Å²) >= 11 is 0. The number of likely N-dealkylation sites (tertiary alicyclic amines) is 1. The molecule has 1 amide bonds. The van der Waals surface area contributed by atoms with Gasteiger partial charge in [0.2, 0.25) is 0 Å². The van der Waals surface area contributed by atoms with Crippen molar-refractivity contribution in [2.75, 3.05) is 20.1 Å². The molecule has 5 aliphatic rings. The van der Waals surface area contributed by atoms with Gasteiger partial charge in [0.25, 0.3) is 0 Å². The first-order valence-electron chi connectivity index (χ1n) is 13.8. The summed E-state index contributed by atoms with van der Waals surface area (Å²) in [6, 6.07) is 0.211. The van der Waals surface area contributed by atoms with Gasteiger partial charge in [0.05, 0.1) is 11.8 Å². The van der Waals surface area contributed by atoms with Crippen LogP contribution < -0.4 is 5.32 Å². The highest BCUT2D eigenvalue weighted by Gasteiger charge is 2.59. The standard InChI is InChI=1S/C28H45N3O3/c1-18(30-34-26(33)31-15-5-6-20(31)17-29-4)23-9-10-24-22-8-7-19-16-21(32)11-13-27(19,2)25(22)12-14-28(23,24)3/h7,20-25,29,32H,5-6,8-17H2,1-4H3/b30-18+/t20-,21-,22-,23+,24-,25-,27-,28+/m0/s1. The summed E-state index contributed by atoms with van der Waals surface area (Å²) in [4.78, 5) is 20.1. The molecule has 6 heteroatoms. The Hall–Kier alpha value is -1.40. The van der Waals surface area contributed by atoms with E-state index in [0.29, 0.717) is 11.8 Å². The van der Waals surface area contributed by atoms with E-state index in [1.165, 1.54) is 31.3 Å². The molecule has 0 radical (unpaired) electrons. The van der Waals surface area contributed by atoms with Crippen LogP contribution in [0.3, 0.4) is 0 Å². The van der Waals surface area contributed by atoms with Crippen LogP contribution in [-0.2, 0) is 4.84 Å². The number of carbonyl (C=O) groups is 1. The lowest BCUT2D eigenvalue weighted by molar-refractivity contribution is -0.0426. The number of allylic oxidation sites excluding steroid dienone is 1. The quantitative estimate of drug-likeness (QED) is 0.258. The fourth-order valence-corrected chi connectivity index (χ4v) is 9.08. The number of oxime groups is 1. The minimum Gasteiger partial charge on any atom is -0.393 e. The van der Waals surface area contributed by atoms with Crippen LogP contribution in [0, 0.1) is 34.5 Å². The molecule has 0 aromatic rings. The highest BCUT2D eigenvalue weighted by Crippen LogP contribution is 2.66. The molecule has 0 aromatic carbocycles. The number of hydrogen-bond acceptors (Lipinski definition) is 5. The Bertz CT molecular complexity index is 856. The summed E-state index contributed by atoms with van der Waals surface area (Å²) in [5.41, 5.74) is 3.05. The molecule has 190 valence electrons. The first-order valence-corrected chi connectivity index (χ1v) is 13.8. The Morgan fingerprint density at radius 1 is 1.21 bits per heavy atom. The number of nitrogens with one attached hydrogen (secondary N) is 1. The van der Waals surface area contributed by atoms with Crippen LogP contribution in [0.1, 0.15) is 85.0 Å². The van der Waals surface area contributed by atoms with Crippen molar-refractivity contribution in [3.8, 4) is 0 Å². The largest absolute Gasteiger partial charge is 0.436 e. The Morgan fingerprint density at radius 2 is 2.03 bits per heavy atom. The van der Waals surface area contributed by atoms with Gasteiger partial charge in [-0.3, -0.25) is 4.84 Å². The predicted octanol–water partition coefficient (Wildman–Crippen LogP) is 5.12. The number of carbonyl (C=O) groups excluding carboxylic acids is 1. The second kappa shape index (κ2) is 9.24. The Kier molecular flexibility index (Phi) is 6.60. The lowest BCUT2D eigenvalue weighted by Gasteiger charge is -2.58. The molecule has 0 bridgehead atoms. The number of aliphatic hydroxyl groups excluding tert-OH is 1. The van der Waals surface area contributed by atoms with Crippen LogP contribution in [-0.4, -0.2) is 54.1 Å². The Balaban J connectivity index is 1.28. The third-order valence-electron chi connectivity index (χ3n) is 10.9. The topological polar surface area (TPSA) is 74.2 Å². The summed E-state index contributed by atoms with van der Waals surface area (Å²) in [5, 5.41) is 17.9. The van der Waals surface area contributed by atoms with E-state index in [-0.39, 0.29) is 29.1 Å². The molecule has 2 N–H and O–H groups in total. The average Bonchev–Trinajstić information content (AvgIpc) is 3.42. The highest BCUT2D eigenvalue weighted by molar-refractivity contribution is 5.85. The van der Waals surface area contributed by atoms with E-state index in [2.05, 4.69) is 37.3 Å². The Labute approximate surface area is 205 Å². The summed E-state index contributed by atoms with van der Waals surface area (Å²) < 4.78 is 0. The average molecular weight is 472 g/mol. The van der Waals surface area contributed by atoms with Crippen LogP contribution in [0.4, 0.5) is 4.79 Å². The van der Waals surface area contributed by atoms with E-state index in [1.807, 2.05) is 11.9 Å². The maximum Gasteiger partial charge on any atom is 0.436 e. The van der Waals surface area contributed by atoms with Gasteiger partial charge < -0.3 is 15.3 Å². The molecular weight excluding hydrogens is 426 g/mol. The first-order chi connectivity index (χ1) is 16.3. The summed E-state index contributed by atoms with van der Waals surface area (Å²) in [7, 11) is 1.93. The normalized spacial score (nSPS) is 44.2. The van der Waals surface area contributed by atoms with E-state index in [1.54, 1.807) is 0 Å². The summed E-state index contributed by atoms with van der Waals surface area (Å²) in [6.07, 6.45) is 13.2. The maximum absolute atomic E-state index is 12.7. The third kappa shape index (κ3) is 3.93. The fraction of sp³-hybridized carbons (Fsp3) is 0.857.